The van der Waals surface area contributed by atoms with E-state index in [0.29, 0.717) is 11.3 Å². The molecule has 68 valence electrons. The molecule has 0 spiro atoms. The Balaban J connectivity index is 0.00000169. The first-order valence-electron chi connectivity index (χ1n) is 3.93. The summed E-state index contributed by atoms with van der Waals surface area (Å²) in [5, 5.41) is 3.72. The van der Waals surface area contributed by atoms with Gasteiger partial charge in [0.1, 0.15) is 0 Å². The predicted octanol–water partition coefficient (Wildman–Crippen LogP) is -0.555. The third kappa shape index (κ3) is 3.62. The summed E-state index contributed by atoms with van der Waals surface area (Å²) in [5.74, 6) is -0.380. The maximum Gasteiger partial charge on any atom is 1.00 e. The molecule has 0 saturated heterocycles. The van der Waals surface area contributed by atoms with Gasteiger partial charge >= 0.3 is 29.6 Å². The minimum atomic E-state index is -0.297. The average molecular weight is 199 g/mol. The number of rotatable bonds is 2. The van der Waals surface area contributed by atoms with Gasteiger partial charge in [0.05, 0.1) is 5.91 Å². The molecule has 0 heterocycles. The van der Waals surface area contributed by atoms with E-state index in [1.54, 1.807) is 24.3 Å². The molecule has 0 bridgehead atoms. The summed E-state index contributed by atoms with van der Waals surface area (Å²) in [6.45, 7) is 2.81. The normalized spacial score (nSPS) is 8.71. The molecule has 0 aromatic heterocycles. The summed E-state index contributed by atoms with van der Waals surface area (Å²) >= 11 is 0. The number of nitrogens with zero attached hydrogens (tertiary/aromatic N) is 1. The Hall–Kier alpha value is -0.640. The average Bonchev–Trinajstić information content (AvgIpc) is 2.03. The number of hydrogen-bond donors (Lipinski definition) is 0. The van der Waals surface area contributed by atoms with Crippen LogP contribution >= 0.6 is 0 Å². The van der Waals surface area contributed by atoms with Crippen molar-refractivity contribution in [3.8, 4) is 0 Å². The molecule has 0 saturated carbocycles. The topological polar surface area (TPSA) is 48.2 Å². The van der Waals surface area contributed by atoms with E-state index in [9.17, 15) is 9.59 Å². The van der Waals surface area contributed by atoms with E-state index >= 15 is 0 Å². The van der Waals surface area contributed by atoms with Crippen molar-refractivity contribution in [3.05, 3.63) is 35.1 Å². The molecule has 0 aliphatic rings. The van der Waals surface area contributed by atoms with Crippen LogP contribution in [-0.4, -0.2) is 11.7 Å². The van der Waals surface area contributed by atoms with Crippen molar-refractivity contribution in [2.45, 2.75) is 13.8 Å². The smallest absolute Gasteiger partial charge is 0.627 e. The van der Waals surface area contributed by atoms with Crippen LogP contribution in [-0.2, 0) is 4.79 Å². The number of carbonyl (C=O) groups excluding carboxylic acids is 2. The van der Waals surface area contributed by atoms with Gasteiger partial charge in [0, 0.05) is 5.56 Å². The number of para-hydroxylation sites is 1. The van der Waals surface area contributed by atoms with Crippen molar-refractivity contribution >= 4 is 17.4 Å². The maximum atomic E-state index is 11.1. The van der Waals surface area contributed by atoms with Crippen LogP contribution in [0.2, 0.25) is 0 Å². The monoisotopic (exact) mass is 199 g/mol. The molecule has 1 aromatic rings. The minimum absolute atomic E-state index is 0. The zero-order chi connectivity index (χ0) is 9.84. The number of Topliss-reactive ketones (excluding diaryl/α,β-unsaturated/α-hetero) is 1. The van der Waals surface area contributed by atoms with Crippen molar-refractivity contribution < 1.29 is 39.1 Å². The number of hydrogen-bond acceptors (Lipinski definition) is 2. The third-order valence-corrected chi connectivity index (χ3v) is 1.56. The second kappa shape index (κ2) is 5.96. The van der Waals surface area contributed by atoms with E-state index in [2.05, 4.69) is 5.32 Å². The fraction of sp³-hybridized carbons (Fsp3) is 0.200. The zero-order valence-corrected chi connectivity index (χ0v) is 10.6. The van der Waals surface area contributed by atoms with Gasteiger partial charge in [-0.25, -0.2) is 0 Å². The molecule has 4 heteroatoms. The van der Waals surface area contributed by atoms with Crippen molar-refractivity contribution in [1.29, 1.82) is 0 Å². The van der Waals surface area contributed by atoms with Crippen molar-refractivity contribution in [2.24, 2.45) is 0 Å². The number of amides is 1. The first-order valence-corrected chi connectivity index (χ1v) is 3.93. The van der Waals surface area contributed by atoms with Gasteiger partial charge in [-0.05, 0) is 13.8 Å². The van der Waals surface area contributed by atoms with Gasteiger partial charge in [0.25, 0.3) is 0 Å². The number of benzene rings is 1. The molecule has 0 atom stereocenters. The van der Waals surface area contributed by atoms with E-state index in [4.69, 9.17) is 0 Å². The fourth-order valence-corrected chi connectivity index (χ4v) is 1.04. The molecule has 1 rings (SSSR count). The first-order chi connectivity index (χ1) is 6.11. The molecule has 0 radical (unpaired) electrons. The van der Waals surface area contributed by atoms with Crippen molar-refractivity contribution in [2.75, 3.05) is 0 Å². The Morgan fingerprint density at radius 1 is 1.14 bits per heavy atom. The van der Waals surface area contributed by atoms with Crippen molar-refractivity contribution in [1.82, 2.24) is 0 Å². The van der Waals surface area contributed by atoms with Gasteiger partial charge in [-0.15, -0.1) is 5.69 Å². The summed E-state index contributed by atoms with van der Waals surface area (Å²) < 4.78 is 0. The Morgan fingerprint density at radius 3 is 2.21 bits per heavy atom. The van der Waals surface area contributed by atoms with Gasteiger partial charge < -0.3 is 10.1 Å². The molecule has 0 aliphatic carbocycles. The molecule has 0 unspecified atom stereocenters. The zero-order valence-electron chi connectivity index (χ0n) is 8.57. The molecule has 1 aromatic carbocycles. The molecule has 0 aliphatic heterocycles. The van der Waals surface area contributed by atoms with Crippen LogP contribution in [0, 0.1) is 0 Å². The molecule has 3 nitrogen and oxygen atoms in total. The molecule has 14 heavy (non-hydrogen) atoms. The molecule has 1 amide bonds. The van der Waals surface area contributed by atoms with Crippen LogP contribution in [0.4, 0.5) is 5.69 Å². The second-order valence-electron chi connectivity index (χ2n) is 2.70. The SMILES string of the molecule is CC(=O)[N-]c1ccccc1C(C)=O.[Na+]. The molecular formula is C10H10NNaO2. The predicted molar refractivity (Wildman–Crippen MR) is 50.1 cm³/mol. The van der Waals surface area contributed by atoms with Crippen LogP contribution < -0.4 is 29.6 Å². The van der Waals surface area contributed by atoms with Crippen molar-refractivity contribution in [3.63, 3.8) is 0 Å². The van der Waals surface area contributed by atoms with E-state index in [1.807, 2.05) is 0 Å². The van der Waals surface area contributed by atoms with Crippen LogP contribution in [0.1, 0.15) is 24.2 Å². The third-order valence-electron chi connectivity index (χ3n) is 1.56. The quantitative estimate of drug-likeness (QED) is 0.473. The summed E-state index contributed by atoms with van der Waals surface area (Å²) in [5.41, 5.74) is 0.931. The molecule has 0 fully saturated rings. The van der Waals surface area contributed by atoms with Gasteiger partial charge in [-0.2, -0.15) is 0 Å². The van der Waals surface area contributed by atoms with E-state index in [0.717, 1.165) is 0 Å². The summed E-state index contributed by atoms with van der Waals surface area (Å²) in [7, 11) is 0. The summed E-state index contributed by atoms with van der Waals surface area (Å²) in [4.78, 5) is 21.8. The second-order valence-corrected chi connectivity index (χ2v) is 2.70. The Morgan fingerprint density at radius 2 is 1.71 bits per heavy atom. The van der Waals surface area contributed by atoms with Gasteiger partial charge in [0.2, 0.25) is 0 Å². The Kier molecular flexibility index (Phi) is 5.69. The standard InChI is InChI=1S/C10H11NO2.Na/c1-7(12)9-5-3-4-6-10(9)11-8(2)13;/h3-6H,1-2H3,(H,11,12,13);/q;+1/p-1. The van der Waals surface area contributed by atoms with Crippen LogP contribution in [0.5, 0.6) is 0 Å². The van der Waals surface area contributed by atoms with Crippen LogP contribution in [0.25, 0.3) is 5.32 Å². The summed E-state index contributed by atoms with van der Waals surface area (Å²) in [6.07, 6.45) is 0. The van der Waals surface area contributed by atoms with E-state index in [-0.39, 0.29) is 41.2 Å². The van der Waals surface area contributed by atoms with Crippen LogP contribution in [0.3, 0.4) is 0 Å². The maximum absolute atomic E-state index is 11.1. The Bertz CT molecular complexity index is 350. The van der Waals surface area contributed by atoms with Gasteiger partial charge in [-0.1, -0.05) is 24.3 Å². The van der Waals surface area contributed by atoms with Gasteiger partial charge in [-0.3, -0.25) is 4.79 Å². The fourth-order valence-electron chi connectivity index (χ4n) is 1.04. The molecule has 0 N–H and O–H groups in total. The minimum Gasteiger partial charge on any atom is -0.627 e. The van der Waals surface area contributed by atoms with E-state index in [1.165, 1.54) is 13.8 Å². The summed E-state index contributed by atoms with van der Waals surface area (Å²) in [6, 6.07) is 6.80. The molecular weight excluding hydrogens is 189 g/mol. The largest absolute Gasteiger partial charge is 1.00 e. The van der Waals surface area contributed by atoms with Crippen LogP contribution in [0.15, 0.2) is 24.3 Å². The van der Waals surface area contributed by atoms with E-state index < -0.39 is 0 Å². The van der Waals surface area contributed by atoms with Gasteiger partial charge in [0.15, 0.2) is 5.78 Å². The Labute approximate surface area is 105 Å². The first kappa shape index (κ1) is 13.4. The number of ketones is 1. The number of carbonyl (C=O) groups is 2.